The van der Waals surface area contributed by atoms with Crippen molar-refractivity contribution < 1.29 is 19.7 Å². The third kappa shape index (κ3) is 3.26. The van der Waals surface area contributed by atoms with Gasteiger partial charge in [0.25, 0.3) is 0 Å². The number of β-amino-alcohol motifs (C(OH)–C–C–N with tert-alkyl or cyclic N) is 1. The van der Waals surface area contributed by atoms with Crippen LogP contribution in [0.2, 0.25) is 0 Å². The first-order valence-electron chi connectivity index (χ1n) is 6.59. The normalized spacial score (nSPS) is 20.2. The van der Waals surface area contributed by atoms with Crippen LogP contribution in [0.4, 0.5) is 0 Å². The molecule has 20 heavy (non-hydrogen) atoms. The Kier molecular flexibility index (Phi) is 5.28. The molecule has 1 unspecified atom stereocenters. The molecule has 2 atom stereocenters. The fraction of sp³-hybridized carbons (Fsp3) is 0.500. The molecule has 1 saturated heterocycles. The molecule has 110 valence electrons. The molecule has 1 aromatic carbocycles. The van der Waals surface area contributed by atoms with E-state index in [2.05, 4.69) is 0 Å². The van der Waals surface area contributed by atoms with Crippen molar-refractivity contribution in [3.63, 3.8) is 0 Å². The number of amides is 1. The monoisotopic (exact) mass is 297 g/mol. The van der Waals surface area contributed by atoms with Gasteiger partial charge in [0.1, 0.15) is 11.1 Å². The summed E-state index contributed by atoms with van der Waals surface area (Å²) in [7, 11) is 0. The van der Waals surface area contributed by atoms with Gasteiger partial charge in [-0.15, -0.1) is 11.8 Å². The quantitative estimate of drug-likeness (QED) is 0.820. The van der Waals surface area contributed by atoms with E-state index in [4.69, 9.17) is 9.84 Å². The molecule has 1 aliphatic heterocycles. The van der Waals surface area contributed by atoms with E-state index in [1.165, 1.54) is 11.8 Å². The van der Waals surface area contributed by atoms with Crippen molar-refractivity contribution in [3.8, 4) is 5.75 Å². The number of hydrogen-bond acceptors (Lipinski definition) is 5. The number of carbonyl (C=O) groups excluding carboxylic acids is 1. The lowest BCUT2D eigenvalue weighted by atomic mass is 10.1. The summed E-state index contributed by atoms with van der Waals surface area (Å²) in [5.74, 6) is 1.10. The molecular weight excluding hydrogens is 278 g/mol. The van der Waals surface area contributed by atoms with Gasteiger partial charge in [0.15, 0.2) is 0 Å². The van der Waals surface area contributed by atoms with Gasteiger partial charge in [-0.2, -0.15) is 0 Å². The molecule has 1 aromatic rings. The van der Waals surface area contributed by atoms with Gasteiger partial charge in [-0.3, -0.25) is 4.79 Å². The molecule has 0 aliphatic carbocycles. The molecule has 1 aliphatic rings. The lowest BCUT2D eigenvalue weighted by molar-refractivity contribution is -0.129. The molecule has 2 N–H and O–H groups in total. The van der Waals surface area contributed by atoms with Crippen molar-refractivity contribution in [2.75, 3.05) is 25.5 Å². The molecular formula is C14H19NO4S. The van der Waals surface area contributed by atoms with E-state index in [-0.39, 0.29) is 24.4 Å². The van der Waals surface area contributed by atoms with Crippen molar-refractivity contribution in [2.24, 2.45) is 0 Å². The van der Waals surface area contributed by atoms with E-state index in [9.17, 15) is 9.90 Å². The van der Waals surface area contributed by atoms with E-state index in [1.54, 1.807) is 4.90 Å². The minimum atomic E-state index is -0.917. The Bertz CT molecular complexity index is 468. The molecule has 0 aromatic heterocycles. The van der Waals surface area contributed by atoms with Gasteiger partial charge < -0.3 is 19.8 Å². The van der Waals surface area contributed by atoms with E-state index in [0.29, 0.717) is 12.4 Å². The molecule has 1 amide bonds. The van der Waals surface area contributed by atoms with Gasteiger partial charge in [-0.1, -0.05) is 18.2 Å². The van der Waals surface area contributed by atoms with Crippen molar-refractivity contribution in [3.05, 3.63) is 29.8 Å². The molecule has 1 heterocycles. The Balaban J connectivity index is 2.24. The Labute approximate surface area is 122 Å². The average molecular weight is 297 g/mol. The first-order chi connectivity index (χ1) is 9.67. The topological polar surface area (TPSA) is 70.0 Å². The summed E-state index contributed by atoms with van der Waals surface area (Å²) >= 11 is 1.51. The third-order valence-corrected chi connectivity index (χ3v) is 4.31. The van der Waals surface area contributed by atoms with Crippen LogP contribution in [-0.4, -0.2) is 52.6 Å². The van der Waals surface area contributed by atoms with Crippen LogP contribution in [0.1, 0.15) is 17.9 Å². The number of para-hydroxylation sites is 1. The number of benzene rings is 1. The standard InChI is InChI=1S/C14H19NO4S/c1-2-19-12-6-4-3-5-11(12)14-15(7-10(17)8-16)13(18)9-20-14/h3-6,10,14,16-17H,2,7-9H2,1H3/t10-,14?/m0/s1. The first-order valence-corrected chi connectivity index (χ1v) is 7.64. The summed E-state index contributed by atoms with van der Waals surface area (Å²) in [6, 6.07) is 7.60. The third-order valence-electron chi connectivity index (χ3n) is 3.07. The van der Waals surface area contributed by atoms with Crippen molar-refractivity contribution >= 4 is 17.7 Å². The predicted octanol–water partition coefficient (Wildman–Crippen LogP) is 1.01. The molecule has 1 fully saturated rings. The number of ether oxygens (including phenoxy) is 1. The molecule has 6 heteroatoms. The van der Waals surface area contributed by atoms with Crippen molar-refractivity contribution in [2.45, 2.75) is 18.4 Å². The number of thioether (sulfide) groups is 1. The van der Waals surface area contributed by atoms with Gasteiger partial charge in [0, 0.05) is 5.56 Å². The lowest BCUT2D eigenvalue weighted by Gasteiger charge is -2.27. The van der Waals surface area contributed by atoms with Crippen LogP contribution in [0.25, 0.3) is 0 Å². The second kappa shape index (κ2) is 6.97. The predicted molar refractivity (Wildman–Crippen MR) is 77.6 cm³/mol. The largest absolute Gasteiger partial charge is 0.493 e. The Hall–Kier alpha value is -1.24. The van der Waals surface area contributed by atoms with Crippen LogP contribution in [0, 0.1) is 0 Å². The van der Waals surface area contributed by atoms with Gasteiger partial charge in [0.2, 0.25) is 5.91 Å². The number of aliphatic hydroxyl groups excluding tert-OH is 2. The van der Waals surface area contributed by atoms with E-state index in [0.717, 1.165) is 11.3 Å². The average Bonchev–Trinajstić information content (AvgIpc) is 2.81. The maximum absolute atomic E-state index is 12.0. The second-order valence-electron chi connectivity index (χ2n) is 4.52. The van der Waals surface area contributed by atoms with Gasteiger partial charge in [-0.25, -0.2) is 0 Å². The number of rotatable bonds is 6. The summed E-state index contributed by atoms with van der Waals surface area (Å²) < 4.78 is 5.60. The molecule has 0 spiro atoms. The summed E-state index contributed by atoms with van der Waals surface area (Å²) in [4.78, 5) is 13.6. The highest BCUT2D eigenvalue weighted by Gasteiger charge is 2.35. The van der Waals surface area contributed by atoms with E-state index < -0.39 is 6.10 Å². The van der Waals surface area contributed by atoms with Crippen LogP contribution in [-0.2, 0) is 4.79 Å². The zero-order valence-electron chi connectivity index (χ0n) is 11.4. The summed E-state index contributed by atoms with van der Waals surface area (Å²) in [6.07, 6.45) is -0.917. The summed E-state index contributed by atoms with van der Waals surface area (Å²) in [5, 5.41) is 18.4. The Morgan fingerprint density at radius 3 is 2.95 bits per heavy atom. The van der Waals surface area contributed by atoms with Gasteiger partial charge in [0.05, 0.1) is 31.6 Å². The van der Waals surface area contributed by atoms with Gasteiger partial charge in [-0.05, 0) is 13.0 Å². The Morgan fingerprint density at radius 2 is 2.25 bits per heavy atom. The number of aliphatic hydroxyl groups is 2. The molecule has 0 saturated carbocycles. The molecule has 0 bridgehead atoms. The van der Waals surface area contributed by atoms with E-state index in [1.807, 2.05) is 31.2 Å². The first kappa shape index (κ1) is 15.2. The zero-order chi connectivity index (χ0) is 14.5. The zero-order valence-corrected chi connectivity index (χ0v) is 12.2. The number of carbonyl (C=O) groups is 1. The minimum Gasteiger partial charge on any atom is -0.493 e. The highest BCUT2D eigenvalue weighted by molar-refractivity contribution is 8.00. The highest BCUT2D eigenvalue weighted by Crippen LogP contribution is 2.42. The molecule has 0 radical (unpaired) electrons. The minimum absolute atomic E-state index is 0.0289. The van der Waals surface area contributed by atoms with Crippen LogP contribution < -0.4 is 4.74 Å². The summed E-state index contributed by atoms with van der Waals surface area (Å²) in [6.45, 7) is 2.25. The lowest BCUT2D eigenvalue weighted by Crippen LogP contribution is -2.37. The van der Waals surface area contributed by atoms with Crippen LogP contribution in [0.3, 0.4) is 0 Å². The Morgan fingerprint density at radius 1 is 1.50 bits per heavy atom. The van der Waals surface area contributed by atoms with Crippen molar-refractivity contribution in [1.82, 2.24) is 4.90 Å². The number of hydrogen-bond donors (Lipinski definition) is 2. The molecule has 5 nitrogen and oxygen atoms in total. The van der Waals surface area contributed by atoms with Crippen LogP contribution >= 0.6 is 11.8 Å². The summed E-state index contributed by atoms with van der Waals surface area (Å²) in [5.41, 5.74) is 0.926. The number of nitrogens with zero attached hydrogens (tertiary/aromatic N) is 1. The second-order valence-corrected chi connectivity index (χ2v) is 5.59. The van der Waals surface area contributed by atoms with Crippen LogP contribution in [0.5, 0.6) is 5.75 Å². The molecule has 2 rings (SSSR count). The smallest absolute Gasteiger partial charge is 0.233 e. The highest BCUT2D eigenvalue weighted by atomic mass is 32.2. The van der Waals surface area contributed by atoms with Crippen LogP contribution in [0.15, 0.2) is 24.3 Å². The maximum Gasteiger partial charge on any atom is 0.233 e. The van der Waals surface area contributed by atoms with Gasteiger partial charge >= 0.3 is 0 Å². The maximum atomic E-state index is 12.0. The van der Waals surface area contributed by atoms with Crippen molar-refractivity contribution in [1.29, 1.82) is 0 Å². The fourth-order valence-corrected chi connectivity index (χ4v) is 3.39. The van der Waals surface area contributed by atoms with E-state index >= 15 is 0 Å². The fourth-order valence-electron chi connectivity index (χ4n) is 2.17. The SMILES string of the molecule is CCOc1ccccc1C1SCC(=O)N1C[C@H](O)CO.